The number of benzene rings is 4. The molecule has 4 rings (SSSR count). The SMILES string of the molecule is COc1cc(C)c(-c2cccc(C(=O)N(C)C)c2)cc1[S+]([O-])Nc1cccc(NCCNC(=O)c2cccc(C)c2)c1. The predicted octanol–water partition coefficient (Wildman–Crippen LogP) is 5.66. The normalized spacial score (nSPS) is 11.4. The Bertz CT molecular complexity index is 1570. The summed E-state index contributed by atoms with van der Waals surface area (Å²) in [6.07, 6.45) is 0. The summed E-state index contributed by atoms with van der Waals surface area (Å²) in [5, 5.41) is 6.20. The van der Waals surface area contributed by atoms with Crippen LogP contribution in [0.2, 0.25) is 0 Å². The van der Waals surface area contributed by atoms with Crippen LogP contribution < -0.4 is 20.1 Å². The highest BCUT2D eigenvalue weighted by atomic mass is 32.2. The fraction of sp³-hybridized carbons (Fsp3) is 0.212. The molecule has 9 heteroatoms. The van der Waals surface area contributed by atoms with Gasteiger partial charge in [0.2, 0.25) is 4.90 Å². The molecule has 8 nitrogen and oxygen atoms in total. The van der Waals surface area contributed by atoms with E-state index in [0.29, 0.717) is 40.5 Å². The van der Waals surface area contributed by atoms with Crippen molar-refractivity contribution in [2.75, 3.05) is 44.3 Å². The number of nitrogens with one attached hydrogen (secondary N) is 3. The monoisotopic (exact) mass is 584 g/mol. The zero-order valence-electron chi connectivity index (χ0n) is 24.5. The molecule has 0 aliphatic rings. The van der Waals surface area contributed by atoms with E-state index < -0.39 is 11.4 Å². The van der Waals surface area contributed by atoms with Crippen LogP contribution in [0.5, 0.6) is 5.75 Å². The van der Waals surface area contributed by atoms with E-state index in [-0.39, 0.29) is 11.8 Å². The van der Waals surface area contributed by atoms with Crippen molar-refractivity contribution in [3.8, 4) is 16.9 Å². The first-order chi connectivity index (χ1) is 20.2. The van der Waals surface area contributed by atoms with Gasteiger partial charge in [-0.15, -0.1) is 0 Å². The quantitative estimate of drug-likeness (QED) is 0.155. The molecule has 0 fully saturated rings. The van der Waals surface area contributed by atoms with E-state index in [1.165, 1.54) is 4.90 Å². The molecule has 0 saturated heterocycles. The van der Waals surface area contributed by atoms with Crippen molar-refractivity contribution >= 4 is 34.6 Å². The van der Waals surface area contributed by atoms with E-state index in [1.807, 2.05) is 86.6 Å². The van der Waals surface area contributed by atoms with Gasteiger partial charge in [-0.25, -0.2) is 4.72 Å². The minimum absolute atomic E-state index is 0.0874. The molecule has 1 atom stereocenters. The Hall–Kier alpha value is -4.47. The number of anilines is 2. The third-order valence-corrected chi connectivity index (χ3v) is 7.77. The van der Waals surface area contributed by atoms with Gasteiger partial charge in [0.05, 0.1) is 12.8 Å². The summed E-state index contributed by atoms with van der Waals surface area (Å²) in [7, 11) is 4.99. The molecule has 42 heavy (non-hydrogen) atoms. The molecular weight excluding hydrogens is 548 g/mol. The molecule has 218 valence electrons. The second kappa shape index (κ2) is 13.9. The number of hydrogen-bond donors (Lipinski definition) is 3. The van der Waals surface area contributed by atoms with Gasteiger partial charge in [0.1, 0.15) is 11.4 Å². The summed E-state index contributed by atoms with van der Waals surface area (Å²) >= 11 is -1.64. The molecule has 0 aliphatic carbocycles. The summed E-state index contributed by atoms with van der Waals surface area (Å²) in [5.41, 5.74) is 6.36. The van der Waals surface area contributed by atoms with Crippen molar-refractivity contribution in [1.82, 2.24) is 10.2 Å². The van der Waals surface area contributed by atoms with Crippen LogP contribution >= 0.6 is 0 Å². The van der Waals surface area contributed by atoms with E-state index in [9.17, 15) is 14.1 Å². The van der Waals surface area contributed by atoms with Gasteiger partial charge in [-0.05, 0) is 79.1 Å². The standard InChI is InChI=1S/C33H36N4O4S/c1-22-9-6-11-25(17-22)32(38)35-16-15-34-27-13-8-14-28(20-27)36-42(40)31-21-29(23(2)18-30(31)41-5)24-10-7-12-26(19-24)33(39)37(3)4/h6-14,17-21,34,36H,15-16H2,1-5H3,(H,35,38). The Morgan fingerprint density at radius 2 is 1.57 bits per heavy atom. The maximum Gasteiger partial charge on any atom is 0.253 e. The van der Waals surface area contributed by atoms with E-state index in [0.717, 1.165) is 27.9 Å². The van der Waals surface area contributed by atoms with Gasteiger partial charge < -0.3 is 24.8 Å². The van der Waals surface area contributed by atoms with Crippen molar-refractivity contribution in [3.05, 3.63) is 107 Å². The van der Waals surface area contributed by atoms with Crippen LogP contribution in [0.3, 0.4) is 0 Å². The van der Waals surface area contributed by atoms with Crippen molar-refractivity contribution in [1.29, 1.82) is 0 Å². The molecule has 0 bridgehead atoms. The number of amides is 2. The molecule has 0 radical (unpaired) electrons. The van der Waals surface area contributed by atoms with Crippen LogP contribution in [0, 0.1) is 13.8 Å². The molecule has 0 saturated carbocycles. The van der Waals surface area contributed by atoms with Crippen molar-refractivity contribution in [2.45, 2.75) is 18.7 Å². The lowest BCUT2D eigenvalue weighted by molar-refractivity contribution is 0.0827. The number of hydrogen-bond acceptors (Lipinski definition) is 6. The number of aryl methyl sites for hydroxylation is 2. The van der Waals surface area contributed by atoms with Gasteiger partial charge in [-0.1, -0.05) is 35.9 Å². The number of carbonyl (C=O) groups is 2. The Labute approximate surface area is 250 Å². The number of carbonyl (C=O) groups excluding carboxylic acids is 2. The minimum Gasteiger partial charge on any atom is -0.588 e. The Morgan fingerprint density at radius 3 is 2.31 bits per heavy atom. The summed E-state index contributed by atoms with van der Waals surface area (Å²) in [6, 6.07) is 26.0. The summed E-state index contributed by atoms with van der Waals surface area (Å²) in [4.78, 5) is 26.9. The molecule has 4 aromatic rings. The average molecular weight is 585 g/mol. The third kappa shape index (κ3) is 7.63. The molecule has 0 aromatic heterocycles. The number of ether oxygens (including phenoxy) is 1. The highest BCUT2D eigenvalue weighted by Gasteiger charge is 2.22. The molecule has 0 aliphatic heterocycles. The van der Waals surface area contributed by atoms with Crippen molar-refractivity contribution in [2.24, 2.45) is 0 Å². The summed E-state index contributed by atoms with van der Waals surface area (Å²) < 4.78 is 22.2. The summed E-state index contributed by atoms with van der Waals surface area (Å²) in [6.45, 7) is 4.88. The van der Waals surface area contributed by atoms with Crippen LogP contribution in [0.1, 0.15) is 31.8 Å². The van der Waals surface area contributed by atoms with Gasteiger partial charge >= 0.3 is 0 Å². The minimum atomic E-state index is -1.64. The third-order valence-electron chi connectivity index (χ3n) is 6.63. The smallest absolute Gasteiger partial charge is 0.253 e. The molecular formula is C33H36N4O4S. The second-order valence-corrected chi connectivity index (χ2v) is 11.3. The average Bonchev–Trinajstić information content (AvgIpc) is 2.98. The molecule has 2 amide bonds. The van der Waals surface area contributed by atoms with Gasteiger partial charge in [0.25, 0.3) is 11.8 Å². The molecule has 1 unspecified atom stereocenters. The van der Waals surface area contributed by atoms with E-state index in [2.05, 4.69) is 15.4 Å². The van der Waals surface area contributed by atoms with Crippen molar-refractivity contribution < 1.29 is 18.9 Å². The molecule has 0 heterocycles. The molecule has 4 aromatic carbocycles. The molecule has 0 spiro atoms. The maximum absolute atomic E-state index is 13.5. The summed E-state index contributed by atoms with van der Waals surface area (Å²) in [5.74, 6) is 0.297. The highest BCUT2D eigenvalue weighted by molar-refractivity contribution is 7.92. The largest absolute Gasteiger partial charge is 0.588 e. The highest BCUT2D eigenvalue weighted by Crippen LogP contribution is 2.34. The Kier molecular flexibility index (Phi) is 10.1. The zero-order chi connectivity index (χ0) is 30.2. The van der Waals surface area contributed by atoms with Gasteiger partial charge in [-0.3, -0.25) is 9.59 Å². The fourth-order valence-electron chi connectivity index (χ4n) is 4.48. The maximum atomic E-state index is 13.5. The van der Waals surface area contributed by atoms with Crippen molar-refractivity contribution in [3.63, 3.8) is 0 Å². The first-order valence-electron chi connectivity index (χ1n) is 13.5. The zero-order valence-corrected chi connectivity index (χ0v) is 25.3. The first kappa shape index (κ1) is 30.5. The van der Waals surface area contributed by atoms with Gasteiger partial charge in [0, 0.05) is 50.1 Å². The van der Waals surface area contributed by atoms with Crippen LogP contribution in [0.4, 0.5) is 11.4 Å². The Morgan fingerprint density at radius 1 is 0.857 bits per heavy atom. The van der Waals surface area contributed by atoms with E-state index in [4.69, 9.17) is 4.74 Å². The van der Waals surface area contributed by atoms with Crippen LogP contribution in [-0.4, -0.2) is 55.6 Å². The van der Waals surface area contributed by atoms with E-state index >= 15 is 0 Å². The van der Waals surface area contributed by atoms with E-state index in [1.54, 1.807) is 33.3 Å². The lowest BCUT2D eigenvalue weighted by Gasteiger charge is -2.18. The lowest BCUT2D eigenvalue weighted by atomic mass is 9.98. The van der Waals surface area contributed by atoms with Crippen LogP contribution in [0.25, 0.3) is 11.1 Å². The topological polar surface area (TPSA) is 106 Å². The second-order valence-electron chi connectivity index (χ2n) is 10.1. The van der Waals surface area contributed by atoms with Gasteiger partial charge in [-0.2, -0.15) is 0 Å². The lowest BCUT2D eigenvalue weighted by Crippen LogP contribution is -2.28. The number of methoxy groups -OCH3 is 1. The number of nitrogens with zero attached hydrogens (tertiary/aromatic N) is 1. The predicted molar refractivity (Wildman–Crippen MR) is 170 cm³/mol. The van der Waals surface area contributed by atoms with Crippen LogP contribution in [-0.2, 0) is 11.4 Å². The first-order valence-corrected chi connectivity index (χ1v) is 14.7. The molecule has 3 N–H and O–H groups in total. The van der Waals surface area contributed by atoms with Crippen LogP contribution in [0.15, 0.2) is 89.8 Å². The number of rotatable bonds is 11. The van der Waals surface area contributed by atoms with Gasteiger partial charge in [0.15, 0.2) is 5.75 Å². The fourth-order valence-corrected chi connectivity index (χ4v) is 5.48. The Balaban J connectivity index is 1.44.